The quantitative estimate of drug-likeness (QED) is 0.842. The number of aromatic nitrogens is 2. The second-order valence-electron chi connectivity index (χ2n) is 6.05. The number of halogens is 1. The summed E-state index contributed by atoms with van der Waals surface area (Å²) in [5, 5.41) is 7.00. The van der Waals surface area contributed by atoms with E-state index in [1.807, 2.05) is 24.3 Å². The summed E-state index contributed by atoms with van der Waals surface area (Å²) in [6, 6.07) is 9.76. The van der Waals surface area contributed by atoms with Gasteiger partial charge in [-0.2, -0.15) is 0 Å². The molecule has 1 saturated carbocycles. The van der Waals surface area contributed by atoms with E-state index in [2.05, 4.69) is 20.6 Å². The molecule has 2 N–H and O–H groups in total. The van der Waals surface area contributed by atoms with Crippen molar-refractivity contribution in [1.29, 1.82) is 0 Å². The molecular formula is C18H21ClN4O. The zero-order chi connectivity index (χ0) is 16.8. The number of carbonyl (C=O) groups is 1. The molecule has 1 aliphatic carbocycles. The smallest absolute Gasteiger partial charge is 0.270 e. The summed E-state index contributed by atoms with van der Waals surface area (Å²) in [5.41, 5.74) is 1.56. The molecular weight excluding hydrogens is 324 g/mol. The van der Waals surface area contributed by atoms with Crippen molar-refractivity contribution in [2.24, 2.45) is 0 Å². The number of hydrogen-bond acceptors (Lipinski definition) is 4. The van der Waals surface area contributed by atoms with Gasteiger partial charge in [0.15, 0.2) is 0 Å². The van der Waals surface area contributed by atoms with Gasteiger partial charge in [-0.05, 0) is 37.0 Å². The molecule has 2 aromatic rings. The van der Waals surface area contributed by atoms with Crippen molar-refractivity contribution in [2.75, 3.05) is 11.9 Å². The lowest BCUT2D eigenvalue weighted by atomic mass is 10.1. The van der Waals surface area contributed by atoms with Crippen LogP contribution in [0, 0.1) is 0 Å². The van der Waals surface area contributed by atoms with E-state index >= 15 is 0 Å². The lowest BCUT2D eigenvalue weighted by Crippen LogP contribution is -2.33. The first-order valence-electron chi connectivity index (χ1n) is 8.32. The van der Waals surface area contributed by atoms with E-state index < -0.39 is 0 Å². The van der Waals surface area contributed by atoms with Crippen LogP contribution in [0.25, 0.3) is 0 Å². The third-order valence-corrected chi connectivity index (χ3v) is 4.43. The standard InChI is InChI=1S/C18H21ClN4O/c19-14-5-3-4-13(10-14)8-9-20-17-11-16(21-12-22-17)18(24)23-15-6-1-2-7-15/h3-5,10-12,15H,1-2,6-9H2,(H,23,24)(H,20,21,22). The largest absolute Gasteiger partial charge is 0.370 e. The molecule has 1 amide bonds. The molecule has 5 nitrogen and oxygen atoms in total. The third-order valence-electron chi connectivity index (χ3n) is 4.20. The Labute approximate surface area is 146 Å². The highest BCUT2D eigenvalue weighted by molar-refractivity contribution is 6.30. The van der Waals surface area contributed by atoms with Crippen molar-refractivity contribution in [1.82, 2.24) is 15.3 Å². The van der Waals surface area contributed by atoms with Crippen molar-refractivity contribution in [3.8, 4) is 0 Å². The molecule has 24 heavy (non-hydrogen) atoms. The highest BCUT2D eigenvalue weighted by Crippen LogP contribution is 2.18. The lowest BCUT2D eigenvalue weighted by Gasteiger charge is -2.12. The van der Waals surface area contributed by atoms with E-state index in [0.717, 1.165) is 29.8 Å². The average Bonchev–Trinajstić information content (AvgIpc) is 3.08. The summed E-state index contributed by atoms with van der Waals surface area (Å²) >= 11 is 5.98. The van der Waals surface area contributed by atoms with E-state index in [4.69, 9.17) is 11.6 Å². The van der Waals surface area contributed by atoms with Gasteiger partial charge in [-0.15, -0.1) is 0 Å². The molecule has 0 radical (unpaired) electrons. The molecule has 6 heteroatoms. The molecule has 0 spiro atoms. The van der Waals surface area contributed by atoms with Gasteiger partial charge in [-0.25, -0.2) is 9.97 Å². The minimum absolute atomic E-state index is 0.123. The number of rotatable bonds is 6. The summed E-state index contributed by atoms with van der Waals surface area (Å²) in [5.74, 6) is 0.533. The first-order valence-corrected chi connectivity index (χ1v) is 8.70. The normalized spacial score (nSPS) is 14.5. The Bertz CT molecular complexity index is 701. The van der Waals surface area contributed by atoms with Crippen LogP contribution in [0.1, 0.15) is 41.7 Å². The fourth-order valence-electron chi connectivity index (χ4n) is 2.94. The predicted octanol–water partition coefficient (Wildman–Crippen LogP) is 3.46. The zero-order valence-corrected chi connectivity index (χ0v) is 14.2. The van der Waals surface area contributed by atoms with Gasteiger partial charge < -0.3 is 10.6 Å². The fraction of sp³-hybridized carbons (Fsp3) is 0.389. The summed E-state index contributed by atoms with van der Waals surface area (Å²) in [4.78, 5) is 20.5. The minimum atomic E-state index is -0.123. The van der Waals surface area contributed by atoms with Crippen LogP contribution in [0.2, 0.25) is 5.02 Å². The van der Waals surface area contributed by atoms with Crippen molar-refractivity contribution in [3.05, 3.63) is 52.9 Å². The van der Waals surface area contributed by atoms with Gasteiger partial charge in [0.1, 0.15) is 17.8 Å². The van der Waals surface area contributed by atoms with Gasteiger partial charge in [0, 0.05) is 23.7 Å². The van der Waals surface area contributed by atoms with Gasteiger partial charge in [0.2, 0.25) is 0 Å². The number of amides is 1. The number of nitrogens with one attached hydrogen (secondary N) is 2. The summed E-state index contributed by atoms with van der Waals surface area (Å²) in [7, 11) is 0. The Morgan fingerprint density at radius 1 is 1.21 bits per heavy atom. The summed E-state index contributed by atoms with van der Waals surface area (Å²) in [6.07, 6.45) is 6.73. The third kappa shape index (κ3) is 4.68. The Balaban J connectivity index is 1.53. The van der Waals surface area contributed by atoms with Crippen LogP contribution < -0.4 is 10.6 Å². The molecule has 1 aromatic heterocycles. The van der Waals surface area contributed by atoms with E-state index in [9.17, 15) is 4.79 Å². The SMILES string of the molecule is O=C(NC1CCCC1)c1cc(NCCc2cccc(Cl)c2)ncn1. The predicted molar refractivity (Wildman–Crippen MR) is 95.4 cm³/mol. The average molecular weight is 345 g/mol. The molecule has 0 aliphatic heterocycles. The molecule has 1 aliphatic rings. The molecule has 0 saturated heterocycles. The number of benzene rings is 1. The molecule has 0 unspecified atom stereocenters. The summed E-state index contributed by atoms with van der Waals surface area (Å²) < 4.78 is 0. The molecule has 1 fully saturated rings. The van der Waals surface area contributed by atoms with E-state index in [0.29, 0.717) is 18.1 Å². The molecule has 126 valence electrons. The highest BCUT2D eigenvalue weighted by Gasteiger charge is 2.18. The van der Waals surface area contributed by atoms with Gasteiger partial charge in [0.05, 0.1) is 0 Å². The Morgan fingerprint density at radius 3 is 2.83 bits per heavy atom. The van der Waals surface area contributed by atoms with Crippen LogP contribution >= 0.6 is 11.6 Å². The molecule has 1 heterocycles. The first-order chi connectivity index (χ1) is 11.7. The number of nitrogens with zero attached hydrogens (tertiary/aromatic N) is 2. The van der Waals surface area contributed by atoms with Crippen LogP contribution in [0.4, 0.5) is 5.82 Å². The van der Waals surface area contributed by atoms with Gasteiger partial charge >= 0.3 is 0 Å². The van der Waals surface area contributed by atoms with Crippen molar-refractivity contribution >= 4 is 23.3 Å². The van der Waals surface area contributed by atoms with Gasteiger partial charge in [-0.1, -0.05) is 36.6 Å². The molecule has 0 atom stereocenters. The maximum atomic E-state index is 12.2. The molecule has 0 bridgehead atoms. The van der Waals surface area contributed by atoms with Crippen LogP contribution in [0.5, 0.6) is 0 Å². The second kappa shape index (κ2) is 8.11. The maximum absolute atomic E-state index is 12.2. The lowest BCUT2D eigenvalue weighted by molar-refractivity contribution is 0.0932. The number of hydrogen-bond donors (Lipinski definition) is 2. The Kier molecular flexibility index (Phi) is 5.64. The zero-order valence-electron chi connectivity index (χ0n) is 13.5. The van der Waals surface area contributed by atoms with Crippen LogP contribution in [-0.4, -0.2) is 28.5 Å². The monoisotopic (exact) mass is 344 g/mol. The van der Waals surface area contributed by atoms with E-state index in [1.165, 1.54) is 19.2 Å². The summed E-state index contributed by atoms with van der Waals surface area (Å²) in [6.45, 7) is 0.709. The van der Waals surface area contributed by atoms with Crippen LogP contribution in [-0.2, 0) is 6.42 Å². The fourth-order valence-corrected chi connectivity index (χ4v) is 3.15. The minimum Gasteiger partial charge on any atom is -0.370 e. The Hall–Kier alpha value is -2.14. The maximum Gasteiger partial charge on any atom is 0.270 e. The molecule has 3 rings (SSSR count). The highest BCUT2D eigenvalue weighted by atomic mass is 35.5. The van der Waals surface area contributed by atoms with E-state index in [-0.39, 0.29) is 11.9 Å². The molecule has 1 aromatic carbocycles. The van der Waals surface area contributed by atoms with Crippen molar-refractivity contribution in [2.45, 2.75) is 38.1 Å². The van der Waals surface area contributed by atoms with Gasteiger partial charge in [0.25, 0.3) is 5.91 Å². The second-order valence-corrected chi connectivity index (χ2v) is 6.49. The van der Waals surface area contributed by atoms with Crippen molar-refractivity contribution < 1.29 is 4.79 Å². The number of anilines is 1. The van der Waals surface area contributed by atoms with Crippen LogP contribution in [0.15, 0.2) is 36.7 Å². The number of carbonyl (C=O) groups excluding carboxylic acids is 1. The van der Waals surface area contributed by atoms with E-state index in [1.54, 1.807) is 6.07 Å². The van der Waals surface area contributed by atoms with Gasteiger partial charge in [-0.3, -0.25) is 4.79 Å². The Morgan fingerprint density at radius 2 is 2.04 bits per heavy atom. The topological polar surface area (TPSA) is 66.9 Å². The van der Waals surface area contributed by atoms with Crippen LogP contribution in [0.3, 0.4) is 0 Å². The van der Waals surface area contributed by atoms with Crippen molar-refractivity contribution in [3.63, 3.8) is 0 Å². The first kappa shape index (κ1) is 16.7.